The number of nitrogens with zero attached hydrogens (tertiary/aromatic N) is 3. The Hall–Kier alpha value is -4.55. The van der Waals surface area contributed by atoms with Crippen molar-refractivity contribution in [2.75, 3.05) is 12.4 Å². The predicted molar refractivity (Wildman–Crippen MR) is 128 cm³/mol. The van der Waals surface area contributed by atoms with Gasteiger partial charge in [-0.05, 0) is 25.1 Å². The number of carbonyl (C=O) groups excluding carboxylic acids is 2. The quantitative estimate of drug-likeness (QED) is 0.236. The van der Waals surface area contributed by atoms with Gasteiger partial charge < -0.3 is 9.15 Å². The number of nitriles is 1. The molecule has 0 bridgehead atoms. The van der Waals surface area contributed by atoms with E-state index in [9.17, 15) is 14.9 Å². The summed E-state index contributed by atoms with van der Waals surface area (Å²) >= 11 is 1.20. The molecule has 0 aliphatic heterocycles. The lowest BCUT2D eigenvalue weighted by Crippen LogP contribution is -2.13. The molecule has 34 heavy (non-hydrogen) atoms. The molecule has 0 atom stereocenters. The Balaban J connectivity index is 1.52. The van der Waals surface area contributed by atoms with Gasteiger partial charge in [-0.2, -0.15) is 5.26 Å². The number of furan rings is 1. The minimum Gasteiger partial charge on any atom is -0.465 e. The fourth-order valence-electron chi connectivity index (χ4n) is 3.10. The smallest absolute Gasteiger partial charge is 0.338 e. The van der Waals surface area contributed by atoms with E-state index in [0.717, 1.165) is 11.1 Å². The highest BCUT2D eigenvalue weighted by Gasteiger charge is 2.17. The first kappa shape index (κ1) is 22.6. The standard InChI is InChI=1S/C25H18N4O4S/c1-15-7-9-16(10-8-15)23-28-29-25(34-23)27-22(30)17(14-26)13-18-11-12-21(33-18)19-5-3-4-6-20(19)24(31)32-2/h3-13H,1-2H3,(H,27,29,30)/b17-13-. The van der Waals surface area contributed by atoms with Crippen LogP contribution in [0.15, 0.2) is 70.7 Å². The van der Waals surface area contributed by atoms with E-state index in [2.05, 4.69) is 15.5 Å². The van der Waals surface area contributed by atoms with Gasteiger partial charge in [0.25, 0.3) is 5.91 Å². The van der Waals surface area contributed by atoms with E-state index in [1.807, 2.05) is 37.3 Å². The second kappa shape index (κ2) is 9.94. The number of anilines is 1. The van der Waals surface area contributed by atoms with Gasteiger partial charge in [0.15, 0.2) is 0 Å². The average molecular weight is 471 g/mol. The molecule has 0 unspecified atom stereocenters. The van der Waals surface area contributed by atoms with Crippen LogP contribution in [-0.4, -0.2) is 29.2 Å². The van der Waals surface area contributed by atoms with Crippen LogP contribution in [0.4, 0.5) is 5.13 Å². The molecule has 1 N–H and O–H groups in total. The fourth-order valence-corrected chi connectivity index (χ4v) is 3.85. The zero-order chi connectivity index (χ0) is 24.1. The van der Waals surface area contributed by atoms with Crippen molar-refractivity contribution in [3.8, 4) is 28.0 Å². The number of hydrogen-bond donors (Lipinski definition) is 1. The van der Waals surface area contributed by atoms with E-state index < -0.39 is 11.9 Å². The maximum atomic E-state index is 12.6. The highest BCUT2D eigenvalue weighted by Crippen LogP contribution is 2.28. The van der Waals surface area contributed by atoms with Gasteiger partial charge in [0, 0.05) is 17.2 Å². The van der Waals surface area contributed by atoms with Crippen LogP contribution in [0.1, 0.15) is 21.7 Å². The molecular weight excluding hydrogens is 452 g/mol. The second-order valence-electron chi connectivity index (χ2n) is 7.14. The molecule has 0 saturated carbocycles. The summed E-state index contributed by atoms with van der Waals surface area (Å²) < 4.78 is 10.6. The van der Waals surface area contributed by atoms with Crippen LogP contribution in [0.5, 0.6) is 0 Å². The number of nitrogens with one attached hydrogen (secondary N) is 1. The van der Waals surface area contributed by atoms with Gasteiger partial charge in [0.2, 0.25) is 5.13 Å². The Morgan fingerprint density at radius 1 is 1.09 bits per heavy atom. The lowest BCUT2D eigenvalue weighted by atomic mass is 10.1. The topological polar surface area (TPSA) is 118 Å². The van der Waals surface area contributed by atoms with Gasteiger partial charge in [0.1, 0.15) is 28.2 Å². The number of esters is 1. The molecule has 8 nitrogen and oxygen atoms in total. The first-order valence-electron chi connectivity index (χ1n) is 10.1. The Morgan fingerprint density at radius 3 is 2.59 bits per heavy atom. The third kappa shape index (κ3) is 4.92. The Kier molecular flexibility index (Phi) is 6.62. The van der Waals surface area contributed by atoms with Gasteiger partial charge in [-0.15, -0.1) is 10.2 Å². The van der Waals surface area contributed by atoms with Crippen molar-refractivity contribution >= 4 is 34.4 Å². The molecule has 2 aromatic carbocycles. The molecule has 4 aromatic rings. The summed E-state index contributed by atoms with van der Waals surface area (Å²) in [4.78, 5) is 24.7. The zero-order valence-electron chi connectivity index (χ0n) is 18.2. The van der Waals surface area contributed by atoms with E-state index in [1.165, 1.54) is 24.5 Å². The summed E-state index contributed by atoms with van der Waals surface area (Å²) in [5.41, 5.74) is 2.72. The van der Waals surface area contributed by atoms with Crippen LogP contribution in [0.25, 0.3) is 28.0 Å². The van der Waals surface area contributed by atoms with Gasteiger partial charge in [-0.1, -0.05) is 59.4 Å². The number of aryl methyl sites for hydroxylation is 1. The Morgan fingerprint density at radius 2 is 1.85 bits per heavy atom. The lowest BCUT2D eigenvalue weighted by Gasteiger charge is -2.04. The van der Waals surface area contributed by atoms with E-state index >= 15 is 0 Å². The Labute approximate surface area is 199 Å². The summed E-state index contributed by atoms with van der Waals surface area (Å²) in [5, 5.41) is 21.1. The van der Waals surface area contributed by atoms with Crippen molar-refractivity contribution in [1.82, 2.24) is 10.2 Å². The van der Waals surface area contributed by atoms with Crippen LogP contribution in [0, 0.1) is 18.3 Å². The highest BCUT2D eigenvalue weighted by atomic mass is 32.1. The number of methoxy groups -OCH3 is 1. The van der Waals surface area contributed by atoms with Gasteiger partial charge >= 0.3 is 5.97 Å². The number of aromatic nitrogens is 2. The Bertz CT molecular complexity index is 1430. The number of rotatable bonds is 6. The second-order valence-corrected chi connectivity index (χ2v) is 8.12. The summed E-state index contributed by atoms with van der Waals surface area (Å²) in [6.45, 7) is 1.99. The summed E-state index contributed by atoms with van der Waals surface area (Å²) in [6.07, 6.45) is 1.32. The monoisotopic (exact) mass is 470 g/mol. The van der Waals surface area contributed by atoms with Crippen molar-refractivity contribution in [2.45, 2.75) is 6.92 Å². The minimum atomic E-state index is -0.637. The molecule has 0 saturated heterocycles. The molecule has 1 amide bonds. The maximum Gasteiger partial charge on any atom is 0.338 e. The van der Waals surface area contributed by atoms with Crippen LogP contribution < -0.4 is 5.32 Å². The molecule has 2 aromatic heterocycles. The van der Waals surface area contributed by atoms with Crippen molar-refractivity contribution in [2.24, 2.45) is 0 Å². The molecule has 0 aliphatic carbocycles. The molecular formula is C25H18N4O4S. The molecule has 0 fully saturated rings. The third-order valence-corrected chi connectivity index (χ3v) is 5.71. The predicted octanol–water partition coefficient (Wildman–Crippen LogP) is 5.11. The maximum absolute atomic E-state index is 12.6. The summed E-state index contributed by atoms with van der Waals surface area (Å²) in [6, 6.07) is 19.7. The molecule has 4 rings (SSSR count). The summed E-state index contributed by atoms with van der Waals surface area (Å²) in [5.74, 6) is -0.457. The van der Waals surface area contributed by atoms with Crippen LogP contribution in [0.3, 0.4) is 0 Å². The number of amides is 1. The van der Waals surface area contributed by atoms with Gasteiger partial charge in [-0.25, -0.2) is 4.79 Å². The lowest BCUT2D eigenvalue weighted by molar-refractivity contribution is -0.112. The fraction of sp³-hybridized carbons (Fsp3) is 0.0800. The number of benzene rings is 2. The van der Waals surface area contributed by atoms with Gasteiger partial charge in [0.05, 0.1) is 12.7 Å². The molecule has 2 heterocycles. The van der Waals surface area contributed by atoms with E-state index in [0.29, 0.717) is 21.9 Å². The number of hydrogen-bond acceptors (Lipinski definition) is 8. The zero-order valence-corrected chi connectivity index (χ0v) is 19.1. The third-order valence-electron chi connectivity index (χ3n) is 4.82. The normalized spacial score (nSPS) is 11.0. The number of ether oxygens (including phenoxy) is 1. The average Bonchev–Trinajstić information content (AvgIpc) is 3.52. The van der Waals surface area contributed by atoms with E-state index in [1.54, 1.807) is 36.4 Å². The van der Waals surface area contributed by atoms with Crippen LogP contribution in [0.2, 0.25) is 0 Å². The van der Waals surface area contributed by atoms with Crippen LogP contribution in [-0.2, 0) is 9.53 Å². The molecule has 168 valence electrons. The molecule has 0 spiro atoms. The first-order chi connectivity index (χ1) is 16.5. The van der Waals surface area contributed by atoms with Crippen molar-refractivity contribution in [3.05, 3.63) is 83.1 Å². The molecule has 9 heteroatoms. The van der Waals surface area contributed by atoms with Crippen LogP contribution >= 0.6 is 11.3 Å². The largest absolute Gasteiger partial charge is 0.465 e. The van der Waals surface area contributed by atoms with Crippen molar-refractivity contribution in [3.63, 3.8) is 0 Å². The molecule has 0 radical (unpaired) electrons. The number of carbonyl (C=O) groups is 2. The first-order valence-corrected chi connectivity index (χ1v) is 10.9. The summed E-state index contributed by atoms with van der Waals surface area (Å²) in [7, 11) is 1.30. The minimum absolute atomic E-state index is 0.172. The molecule has 0 aliphatic rings. The van der Waals surface area contributed by atoms with E-state index in [4.69, 9.17) is 9.15 Å². The van der Waals surface area contributed by atoms with Crippen molar-refractivity contribution < 1.29 is 18.7 Å². The highest BCUT2D eigenvalue weighted by molar-refractivity contribution is 7.18. The van der Waals surface area contributed by atoms with Gasteiger partial charge in [-0.3, -0.25) is 10.1 Å². The van der Waals surface area contributed by atoms with Crippen molar-refractivity contribution in [1.29, 1.82) is 5.26 Å². The van der Waals surface area contributed by atoms with E-state index in [-0.39, 0.29) is 16.5 Å². The SMILES string of the molecule is COC(=O)c1ccccc1-c1ccc(/C=C(/C#N)C(=O)Nc2nnc(-c3ccc(C)cc3)s2)o1.